The van der Waals surface area contributed by atoms with Crippen LogP contribution in [0.2, 0.25) is 0 Å². The van der Waals surface area contributed by atoms with Crippen molar-refractivity contribution in [1.82, 2.24) is 10.6 Å². The van der Waals surface area contributed by atoms with Gasteiger partial charge >= 0.3 is 11.9 Å². The number of rotatable bonds is 12. The molecule has 0 aliphatic rings. The highest BCUT2D eigenvalue weighted by Gasteiger charge is 2.23. The second-order valence-corrected chi connectivity index (χ2v) is 7.48. The van der Waals surface area contributed by atoms with Gasteiger partial charge < -0.3 is 26.6 Å². The van der Waals surface area contributed by atoms with E-state index in [-0.39, 0.29) is 23.8 Å². The zero-order valence-corrected chi connectivity index (χ0v) is 16.3. The Morgan fingerprint density at radius 3 is 2.36 bits per heavy atom. The standard InChI is InChI=1S/C18H25N3O6S/c1-11(12-5-3-2-4-6-12)28-10-14(17(25)20-9-16(23)24)21-15(22)8-7-13(19)18(26)27/h2-6,11,13-14H,7-10,19H2,1H3,(H,20,25)(H,21,22)(H,23,24)(H,26,27)/t11-,13+,14+/m1/s1. The minimum atomic E-state index is -1.21. The van der Waals surface area contributed by atoms with Crippen molar-refractivity contribution in [3.63, 3.8) is 0 Å². The van der Waals surface area contributed by atoms with Gasteiger partial charge in [0, 0.05) is 17.4 Å². The molecule has 0 fully saturated rings. The fraction of sp³-hybridized carbons (Fsp3) is 0.444. The Hall–Kier alpha value is -2.59. The van der Waals surface area contributed by atoms with Crippen LogP contribution in [0, 0.1) is 0 Å². The molecule has 0 aliphatic heterocycles. The maximum Gasteiger partial charge on any atom is 0.322 e. The van der Waals surface area contributed by atoms with Crippen molar-refractivity contribution >= 4 is 35.5 Å². The second kappa shape index (κ2) is 12.0. The number of nitrogens with one attached hydrogen (secondary N) is 2. The number of benzene rings is 1. The molecule has 10 heteroatoms. The van der Waals surface area contributed by atoms with Crippen LogP contribution in [-0.4, -0.2) is 58.3 Å². The van der Waals surface area contributed by atoms with Gasteiger partial charge in [-0.2, -0.15) is 11.8 Å². The lowest BCUT2D eigenvalue weighted by Crippen LogP contribution is -2.49. The Morgan fingerprint density at radius 1 is 1.14 bits per heavy atom. The lowest BCUT2D eigenvalue weighted by atomic mass is 10.1. The van der Waals surface area contributed by atoms with Gasteiger partial charge in [0.25, 0.3) is 0 Å². The summed E-state index contributed by atoms with van der Waals surface area (Å²) in [6.07, 6.45) is -0.229. The molecule has 1 aromatic rings. The number of carboxylic acid groups (broad SMARTS) is 2. The Kier molecular flexibility index (Phi) is 10.0. The molecule has 2 amide bonds. The van der Waals surface area contributed by atoms with Gasteiger partial charge in [-0.15, -0.1) is 0 Å². The number of hydrogen-bond acceptors (Lipinski definition) is 6. The maximum absolute atomic E-state index is 12.3. The summed E-state index contributed by atoms with van der Waals surface area (Å²) in [5.74, 6) is -3.34. The molecule has 0 heterocycles. The summed E-state index contributed by atoms with van der Waals surface area (Å²) in [6.45, 7) is 1.40. The average molecular weight is 411 g/mol. The number of carbonyl (C=O) groups is 4. The number of carboxylic acids is 2. The molecule has 0 aromatic heterocycles. The van der Waals surface area contributed by atoms with Crippen molar-refractivity contribution < 1.29 is 29.4 Å². The molecule has 0 saturated carbocycles. The third kappa shape index (κ3) is 8.87. The van der Waals surface area contributed by atoms with Crippen molar-refractivity contribution in [2.24, 2.45) is 5.73 Å². The average Bonchev–Trinajstić information content (AvgIpc) is 2.67. The van der Waals surface area contributed by atoms with Gasteiger partial charge in [0.1, 0.15) is 18.6 Å². The maximum atomic E-state index is 12.3. The monoisotopic (exact) mass is 411 g/mol. The molecule has 28 heavy (non-hydrogen) atoms. The molecule has 0 bridgehead atoms. The molecule has 3 atom stereocenters. The summed E-state index contributed by atoms with van der Waals surface area (Å²) in [6, 6.07) is 7.46. The quantitative estimate of drug-likeness (QED) is 0.330. The number of nitrogens with two attached hydrogens (primary N) is 1. The zero-order valence-electron chi connectivity index (χ0n) is 15.5. The zero-order chi connectivity index (χ0) is 21.1. The summed E-state index contributed by atoms with van der Waals surface area (Å²) < 4.78 is 0. The van der Waals surface area contributed by atoms with Crippen LogP contribution in [0.25, 0.3) is 0 Å². The van der Waals surface area contributed by atoms with Gasteiger partial charge in [-0.05, 0) is 18.9 Å². The molecular formula is C18H25N3O6S. The molecular weight excluding hydrogens is 386 g/mol. The first-order valence-electron chi connectivity index (χ1n) is 8.64. The highest BCUT2D eigenvalue weighted by atomic mass is 32.2. The number of thioether (sulfide) groups is 1. The van der Waals surface area contributed by atoms with Crippen molar-refractivity contribution in [2.45, 2.75) is 37.1 Å². The van der Waals surface area contributed by atoms with Crippen LogP contribution in [-0.2, 0) is 19.2 Å². The van der Waals surface area contributed by atoms with Crippen molar-refractivity contribution in [3.8, 4) is 0 Å². The normalized spacial score (nSPS) is 13.8. The van der Waals surface area contributed by atoms with E-state index in [0.717, 1.165) is 5.56 Å². The third-order valence-corrected chi connectivity index (χ3v) is 5.14. The summed E-state index contributed by atoms with van der Waals surface area (Å²) in [5.41, 5.74) is 6.42. The first-order chi connectivity index (χ1) is 13.2. The van der Waals surface area contributed by atoms with E-state index < -0.39 is 42.4 Å². The lowest BCUT2D eigenvalue weighted by Gasteiger charge is -2.20. The summed E-state index contributed by atoms with van der Waals surface area (Å²) in [4.78, 5) is 45.7. The Balaban J connectivity index is 2.67. The summed E-state index contributed by atoms with van der Waals surface area (Å²) >= 11 is 1.43. The van der Waals surface area contributed by atoms with Crippen LogP contribution >= 0.6 is 11.8 Å². The van der Waals surface area contributed by atoms with Crippen LogP contribution < -0.4 is 16.4 Å². The van der Waals surface area contributed by atoms with Crippen molar-refractivity contribution in [2.75, 3.05) is 12.3 Å². The molecule has 154 valence electrons. The van der Waals surface area contributed by atoms with E-state index in [9.17, 15) is 19.2 Å². The minimum Gasteiger partial charge on any atom is -0.480 e. The Labute approximate surface area is 167 Å². The van der Waals surface area contributed by atoms with Crippen LogP contribution in [0.1, 0.15) is 30.6 Å². The van der Waals surface area contributed by atoms with E-state index in [4.69, 9.17) is 15.9 Å². The molecule has 0 aliphatic carbocycles. The Bertz CT molecular complexity index is 685. The largest absolute Gasteiger partial charge is 0.480 e. The van der Waals surface area contributed by atoms with E-state index in [0.29, 0.717) is 0 Å². The molecule has 1 aromatic carbocycles. The van der Waals surface area contributed by atoms with Crippen molar-refractivity contribution in [3.05, 3.63) is 35.9 Å². The highest BCUT2D eigenvalue weighted by Crippen LogP contribution is 2.28. The van der Waals surface area contributed by atoms with E-state index in [1.165, 1.54) is 11.8 Å². The van der Waals surface area contributed by atoms with E-state index in [2.05, 4.69) is 10.6 Å². The van der Waals surface area contributed by atoms with Crippen LogP contribution in [0.5, 0.6) is 0 Å². The number of aliphatic carboxylic acids is 2. The predicted octanol–water partition coefficient (Wildman–Crippen LogP) is 0.359. The molecule has 0 radical (unpaired) electrons. The lowest BCUT2D eigenvalue weighted by molar-refractivity contribution is -0.139. The summed E-state index contributed by atoms with van der Waals surface area (Å²) in [5, 5.41) is 22.3. The first kappa shape index (κ1) is 23.4. The van der Waals surface area contributed by atoms with E-state index >= 15 is 0 Å². The molecule has 0 unspecified atom stereocenters. The van der Waals surface area contributed by atoms with E-state index in [1.807, 2.05) is 37.3 Å². The summed E-state index contributed by atoms with van der Waals surface area (Å²) in [7, 11) is 0. The predicted molar refractivity (Wildman–Crippen MR) is 105 cm³/mol. The number of hydrogen-bond donors (Lipinski definition) is 5. The van der Waals surface area contributed by atoms with Gasteiger partial charge in [-0.25, -0.2) is 0 Å². The molecule has 9 nitrogen and oxygen atoms in total. The van der Waals surface area contributed by atoms with Gasteiger partial charge in [0.2, 0.25) is 11.8 Å². The van der Waals surface area contributed by atoms with Crippen molar-refractivity contribution in [1.29, 1.82) is 0 Å². The topological polar surface area (TPSA) is 159 Å². The molecule has 0 spiro atoms. The van der Waals surface area contributed by atoms with Crippen LogP contribution in [0.3, 0.4) is 0 Å². The fourth-order valence-corrected chi connectivity index (χ4v) is 3.27. The van der Waals surface area contributed by atoms with Crippen LogP contribution in [0.15, 0.2) is 30.3 Å². The molecule has 1 rings (SSSR count). The fourth-order valence-electron chi connectivity index (χ4n) is 2.21. The van der Waals surface area contributed by atoms with Gasteiger partial charge in [-0.3, -0.25) is 19.2 Å². The molecule has 6 N–H and O–H groups in total. The van der Waals surface area contributed by atoms with Crippen LogP contribution in [0.4, 0.5) is 0 Å². The van der Waals surface area contributed by atoms with Gasteiger partial charge in [0.05, 0.1) is 0 Å². The first-order valence-corrected chi connectivity index (χ1v) is 9.69. The van der Waals surface area contributed by atoms with Gasteiger partial charge in [-0.1, -0.05) is 30.3 Å². The number of carbonyl (C=O) groups excluding carboxylic acids is 2. The minimum absolute atomic E-state index is 0.0494. The highest BCUT2D eigenvalue weighted by molar-refractivity contribution is 7.99. The Morgan fingerprint density at radius 2 is 1.79 bits per heavy atom. The third-order valence-electron chi connectivity index (χ3n) is 3.85. The number of amides is 2. The SMILES string of the molecule is C[C@@H](SC[C@H](NC(=O)CC[C@H](N)C(=O)O)C(=O)NCC(=O)O)c1ccccc1. The van der Waals surface area contributed by atoms with E-state index in [1.54, 1.807) is 0 Å². The smallest absolute Gasteiger partial charge is 0.322 e. The van der Waals surface area contributed by atoms with Gasteiger partial charge in [0.15, 0.2) is 0 Å². The second-order valence-electron chi connectivity index (χ2n) is 6.10. The molecule has 0 saturated heterocycles.